The minimum absolute atomic E-state index is 0.0410. The fraction of sp³-hybridized carbons (Fsp3) is 0.529. The Bertz CT molecular complexity index is 780. The molecule has 3 heterocycles. The Hall–Kier alpha value is -2.36. The molecule has 6 atom stereocenters. The van der Waals surface area contributed by atoms with Gasteiger partial charge in [-0.2, -0.15) is 0 Å². The molecule has 0 amide bonds. The van der Waals surface area contributed by atoms with E-state index in [2.05, 4.69) is 5.32 Å². The fourth-order valence-corrected chi connectivity index (χ4v) is 4.44. The Kier molecular flexibility index (Phi) is 3.83. The molecular formula is C17H18N2O7. The third kappa shape index (κ3) is 2.28. The third-order valence-electron chi connectivity index (χ3n) is 5.61. The minimum Gasteiger partial charge on any atom is -0.468 e. The molecule has 1 aromatic rings. The molecule has 3 fully saturated rings. The van der Waals surface area contributed by atoms with Crippen molar-refractivity contribution in [3.05, 3.63) is 39.9 Å². The van der Waals surface area contributed by atoms with E-state index in [1.807, 2.05) is 0 Å². The molecule has 3 aliphatic heterocycles. The average molecular weight is 362 g/mol. The molecule has 26 heavy (non-hydrogen) atoms. The Morgan fingerprint density at radius 3 is 2.69 bits per heavy atom. The van der Waals surface area contributed by atoms with Gasteiger partial charge in [0.25, 0.3) is 5.69 Å². The molecule has 2 bridgehead atoms. The number of Topliss-reactive ketones (excluding diaryl/α,β-unsaturated/α-hetero) is 1. The largest absolute Gasteiger partial charge is 0.468 e. The number of rotatable bonds is 3. The van der Waals surface area contributed by atoms with Crippen molar-refractivity contribution in [1.29, 1.82) is 0 Å². The Labute approximate surface area is 148 Å². The van der Waals surface area contributed by atoms with Gasteiger partial charge in [-0.15, -0.1) is 0 Å². The average Bonchev–Trinajstić information content (AvgIpc) is 3.20. The van der Waals surface area contributed by atoms with E-state index in [4.69, 9.17) is 14.2 Å². The van der Waals surface area contributed by atoms with Crippen molar-refractivity contribution in [2.75, 3.05) is 13.7 Å². The first-order valence-corrected chi connectivity index (χ1v) is 8.28. The monoisotopic (exact) mass is 362 g/mol. The highest BCUT2D eigenvalue weighted by atomic mass is 16.7. The van der Waals surface area contributed by atoms with Crippen LogP contribution in [0, 0.1) is 22.0 Å². The van der Waals surface area contributed by atoms with Crippen LogP contribution in [0.3, 0.4) is 0 Å². The number of ether oxygens (including phenoxy) is 3. The number of hydrogen-bond acceptors (Lipinski definition) is 8. The molecule has 0 saturated carbocycles. The first kappa shape index (κ1) is 17.1. The van der Waals surface area contributed by atoms with E-state index in [-0.39, 0.29) is 18.1 Å². The van der Waals surface area contributed by atoms with Crippen LogP contribution in [0.15, 0.2) is 24.3 Å². The van der Waals surface area contributed by atoms with Gasteiger partial charge in [0.05, 0.1) is 30.7 Å². The zero-order valence-electron chi connectivity index (χ0n) is 14.2. The van der Waals surface area contributed by atoms with Gasteiger partial charge in [-0.05, 0) is 12.5 Å². The zero-order chi connectivity index (χ0) is 18.6. The number of esters is 1. The van der Waals surface area contributed by atoms with Crippen LogP contribution in [0.1, 0.15) is 18.5 Å². The number of non-ortho nitro benzene ring substituents is 1. The van der Waals surface area contributed by atoms with Gasteiger partial charge >= 0.3 is 5.97 Å². The van der Waals surface area contributed by atoms with Crippen molar-refractivity contribution in [3.8, 4) is 0 Å². The maximum Gasteiger partial charge on any atom is 0.326 e. The second kappa shape index (κ2) is 5.83. The number of hydrogen-bond donors (Lipinski definition) is 1. The van der Waals surface area contributed by atoms with Gasteiger partial charge in [-0.3, -0.25) is 25.0 Å². The summed E-state index contributed by atoms with van der Waals surface area (Å²) in [4.78, 5) is 35.8. The van der Waals surface area contributed by atoms with Crippen LogP contribution < -0.4 is 5.32 Å². The predicted octanol–water partition coefficient (Wildman–Crippen LogP) is 0.727. The van der Waals surface area contributed by atoms with Gasteiger partial charge < -0.3 is 14.2 Å². The topological polar surface area (TPSA) is 117 Å². The summed E-state index contributed by atoms with van der Waals surface area (Å²) in [5, 5.41) is 14.1. The summed E-state index contributed by atoms with van der Waals surface area (Å²) in [5.74, 6) is -1.72. The first-order valence-electron chi connectivity index (χ1n) is 8.28. The first-order chi connectivity index (χ1) is 12.4. The highest BCUT2D eigenvalue weighted by Crippen LogP contribution is 2.51. The molecule has 9 nitrogen and oxygen atoms in total. The summed E-state index contributed by atoms with van der Waals surface area (Å²) < 4.78 is 16.0. The van der Waals surface area contributed by atoms with Crippen molar-refractivity contribution in [2.45, 2.75) is 30.9 Å². The maximum atomic E-state index is 12.9. The van der Waals surface area contributed by atoms with Gasteiger partial charge in [0, 0.05) is 24.1 Å². The number of carbonyl (C=O) groups is 2. The molecule has 0 unspecified atom stereocenters. The summed E-state index contributed by atoms with van der Waals surface area (Å²) in [7, 11) is 1.29. The summed E-state index contributed by atoms with van der Waals surface area (Å²) in [5.41, 5.74) is -0.487. The highest BCUT2D eigenvalue weighted by Gasteiger charge is 2.66. The van der Waals surface area contributed by atoms with Crippen molar-refractivity contribution in [2.24, 2.45) is 11.8 Å². The number of benzene rings is 1. The number of fused-ring (bicyclic) bond motifs is 4. The van der Waals surface area contributed by atoms with Crippen molar-refractivity contribution in [1.82, 2.24) is 5.32 Å². The van der Waals surface area contributed by atoms with E-state index in [1.165, 1.54) is 19.2 Å². The number of nitro groups is 1. The second-order valence-electron chi connectivity index (χ2n) is 6.96. The molecule has 138 valence electrons. The normalized spacial score (nSPS) is 38.1. The Balaban J connectivity index is 1.76. The summed E-state index contributed by atoms with van der Waals surface area (Å²) in [6.07, 6.45) is -1.33. The van der Waals surface area contributed by atoms with Crippen molar-refractivity contribution in [3.63, 3.8) is 0 Å². The highest BCUT2D eigenvalue weighted by molar-refractivity contribution is 5.91. The lowest BCUT2D eigenvalue weighted by molar-refractivity contribution is -0.384. The minimum atomic E-state index is -1.13. The van der Waals surface area contributed by atoms with Crippen LogP contribution in [0.25, 0.3) is 0 Å². The predicted molar refractivity (Wildman–Crippen MR) is 86.0 cm³/mol. The summed E-state index contributed by atoms with van der Waals surface area (Å²) in [6, 6.07) is 5.47. The molecule has 1 aromatic carbocycles. The number of ketones is 1. The Morgan fingerprint density at radius 1 is 1.38 bits per heavy atom. The smallest absolute Gasteiger partial charge is 0.326 e. The number of methoxy groups -OCH3 is 1. The maximum absolute atomic E-state index is 12.9. The molecule has 9 heteroatoms. The van der Waals surface area contributed by atoms with Crippen LogP contribution >= 0.6 is 0 Å². The molecule has 3 saturated heterocycles. The summed E-state index contributed by atoms with van der Waals surface area (Å²) >= 11 is 0. The fourth-order valence-electron chi connectivity index (χ4n) is 4.44. The number of nitro benzene ring substituents is 1. The summed E-state index contributed by atoms with van der Waals surface area (Å²) in [6.45, 7) is 1.93. The zero-order valence-corrected chi connectivity index (χ0v) is 14.2. The van der Waals surface area contributed by atoms with E-state index in [1.54, 1.807) is 19.1 Å². The van der Waals surface area contributed by atoms with Crippen LogP contribution in [-0.2, 0) is 23.8 Å². The standard InChI is InChI=1S/C17H18N2O7/c1-17(16(21)24-2)12-10-7-25-15(26-10)14(20)11(12)13(18-17)8-3-5-9(6-4-8)19(22)23/h3-6,10-13,15,18H,7H2,1-2H3/t10-,11+,12-,13+,15-,17+/m1/s1. The van der Waals surface area contributed by atoms with E-state index >= 15 is 0 Å². The quantitative estimate of drug-likeness (QED) is 0.475. The second-order valence-corrected chi connectivity index (χ2v) is 6.96. The van der Waals surface area contributed by atoms with E-state index < -0.39 is 46.7 Å². The lowest BCUT2D eigenvalue weighted by atomic mass is 9.72. The van der Waals surface area contributed by atoms with Gasteiger partial charge in [-0.25, -0.2) is 0 Å². The molecule has 0 aliphatic carbocycles. The molecular weight excluding hydrogens is 344 g/mol. The third-order valence-corrected chi connectivity index (χ3v) is 5.61. The van der Waals surface area contributed by atoms with Crippen molar-refractivity contribution < 1.29 is 28.7 Å². The van der Waals surface area contributed by atoms with Crippen LogP contribution in [0.4, 0.5) is 5.69 Å². The van der Waals surface area contributed by atoms with Crippen molar-refractivity contribution >= 4 is 17.4 Å². The van der Waals surface area contributed by atoms with E-state index in [0.717, 1.165) is 0 Å². The van der Waals surface area contributed by atoms with Crippen LogP contribution in [-0.4, -0.2) is 48.3 Å². The number of nitrogens with one attached hydrogen (secondary N) is 1. The SMILES string of the molecule is COC(=O)[C@@]1(C)N[C@@H](c2ccc([N+](=O)[O-])cc2)[C@H]2C(=O)[C@@H]3OC[C@@H](O3)[C@H]21. The molecule has 4 rings (SSSR count). The van der Waals surface area contributed by atoms with E-state index in [0.29, 0.717) is 5.56 Å². The lowest BCUT2D eigenvalue weighted by Crippen LogP contribution is -2.56. The molecule has 3 aliphatic rings. The molecule has 0 radical (unpaired) electrons. The van der Waals surface area contributed by atoms with Gasteiger partial charge in [0.15, 0.2) is 5.78 Å². The van der Waals surface area contributed by atoms with Gasteiger partial charge in [-0.1, -0.05) is 12.1 Å². The van der Waals surface area contributed by atoms with Gasteiger partial charge in [0.2, 0.25) is 6.29 Å². The molecule has 1 N–H and O–H groups in total. The van der Waals surface area contributed by atoms with E-state index in [9.17, 15) is 19.7 Å². The number of nitrogens with zero attached hydrogens (tertiary/aromatic N) is 1. The van der Waals surface area contributed by atoms with Crippen LogP contribution in [0.5, 0.6) is 0 Å². The molecule has 0 aromatic heterocycles. The number of carbonyl (C=O) groups excluding carboxylic acids is 2. The van der Waals surface area contributed by atoms with Crippen LogP contribution in [0.2, 0.25) is 0 Å². The molecule has 0 spiro atoms. The lowest BCUT2D eigenvalue weighted by Gasteiger charge is -2.36. The Morgan fingerprint density at radius 2 is 2.08 bits per heavy atom. The van der Waals surface area contributed by atoms with Gasteiger partial charge in [0.1, 0.15) is 5.54 Å².